The van der Waals surface area contributed by atoms with Gasteiger partial charge in [-0.2, -0.15) is 0 Å². The lowest BCUT2D eigenvalue weighted by Crippen LogP contribution is -2.40. The Labute approximate surface area is 103 Å². The molecule has 1 fully saturated rings. The molecule has 0 spiro atoms. The van der Waals surface area contributed by atoms with Crippen LogP contribution in [0.5, 0.6) is 0 Å². The van der Waals surface area contributed by atoms with Crippen LogP contribution >= 0.6 is 0 Å². The number of aryl methyl sites for hydroxylation is 1. The molecule has 2 heteroatoms. The molecular formula is C15H21NO. The third kappa shape index (κ3) is 2.68. The summed E-state index contributed by atoms with van der Waals surface area (Å²) in [5.74, 6) is -0.113. The van der Waals surface area contributed by atoms with E-state index in [-0.39, 0.29) is 11.3 Å². The molecule has 17 heavy (non-hydrogen) atoms. The highest BCUT2D eigenvalue weighted by atomic mass is 16.1. The van der Waals surface area contributed by atoms with Crippen molar-refractivity contribution in [1.29, 1.82) is 0 Å². The van der Waals surface area contributed by atoms with Gasteiger partial charge in [-0.05, 0) is 31.7 Å². The molecule has 1 saturated carbocycles. The molecule has 92 valence electrons. The molecule has 0 bridgehead atoms. The van der Waals surface area contributed by atoms with Crippen molar-refractivity contribution in [3.63, 3.8) is 0 Å². The second-order valence-electron chi connectivity index (χ2n) is 5.37. The van der Waals surface area contributed by atoms with Crippen LogP contribution in [-0.4, -0.2) is 5.91 Å². The fourth-order valence-electron chi connectivity index (χ4n) is 2.84. The molecule has 1 aromatic carbocycles. The maximum atomic E-state index is 11.8. The number of hydrogen-bond acceptors (Lipinski definition) is 1. The molecule has 0 radical (unpaired) electrons. The van der Waals surface area contributed by atoms with Gasteiger partial charge in [0.25, 0.3) is 0 Å². The van der Waals surface area contributed by atoms with Gasteiger partial charge in [-0.25, -0.2) is 0 Å². The standard InChI is InChI=1S/C15H21NO/c1-12-5-7-13(8-6-12)11-15(14(16)17)9-3-2-4-10-15/h5-8H,2-4,9-11H2,1H3,(H2,16,17). The van der Waals surface area contributed by atoms with E-state index in [9.17, 15) is 4.79 Å². The molecule has 0 atom stereocenters. The predicted molar refractivity (Wildman–Crippen MR) is 69.6 cm³/mol. The normalized spacial score (nSPS) is 18.9. The molecule has 1 aromatic rings. The van der Waals surface area contributed by atoms with E-state index in [1.807, 2.05) is 0 Å². The first-order chi connectivity index (χ1) is 8.12. The number of benzene rings is 1. The quantitative estimate of drug-likeness (QED) is 0.854. The van der Waals surface area contributed by atoms with E-state index >= 15 is 0 Å². The SMILES string of the molecule is Cc1ccc(CC2(C(N)=O)CCCCC2)cc1. The van der Waals surface area contributed by atoms with E-state index in [2.05, 4.69) is 31.2 Å². The lowest BCUT2D eigenvalue weighted by Gasteiger charge is -2.34. The molecule has 1 amide bonds. The Bertz CT molecular complexity index is 388. The van der Waals surface area contributed by atoms with Gasteiger partial charge in [0.1, 0.15) is 0 Å². The van der Waals surface area contributed by atoms with Crippen LogP contribution in [0.4, 0.5) is 0 Å². The van der Waals surface area contributed by atoms with Crippen LogP contribution in [0.15, 0.2) is 24.3 Å². The smallest absolute Gasteiger partial charge is 0.223 e. The van der Waals surface area contributed by atoms with Crippen molar-refractivity contribution in [2.45, 2.75) is 45.4 Å². The van der Waals surface area contributed by atoms with Crippen molar-refractivity contribution in [2.24, 2.45) is 11.1 Å². The Balaban J connectivity index is 2.17. The van der Waals surface area contributed by atoms with Crippen LogP contribution < -0.4 is 5.73 Å². The number of rotatable bonds is 3. The molecule has 0 heterocycles. The number of nitrogens with two attached hydrogens (primary N) is 1. The second kappa shape index (κ2) is 4.91. The van der Waals surface area contributed by atoms with Crippen molar-refractivity contribution in [1.82, 2.24) is 0 Å². The van der Waals surface area contributed by atoms with E-state index in [4.69, 9.17) is 5.73 Å². The van der Waals surface area contributed by atoms with E-state index in [0.717, 1.165) is 32.1 Å². The Hall–Kier alpha value is -1.31. The highest BCUT2D eigenvalue weighted by molar-refractivity contribution is 5.81. The third-order valence-electron chi connectivity index (χ3n) is 4.00. The van der Waals surface area contributed by atoms with Gasteiger partial charge in [-0.15, -0.1) is 0 Å². The Kier molecular flexibility index (Phi) is 3.51. The summed E-state index contributed by atoms with van der Waals surface area (Å²) >= 11 is 0. The van der Waals surface area contributed by atoms with Gasteiger partial charge in [0, 0.05) is 0 Å². The monoisotopic (exact) mass is 231 g/mol. The maximum Gasteiger partial charge on any atom is 0.223 e. The number of carbonyl (C=O) groups is 1. The highest BCUT2D eigenvalue weighted by Gasteiger charge is 2.37. The van der Waals surface area contributed by atoms with Crippen molar-refractivity contribution < 1.29 is 4.79 Å². The average Bonchev–Trinajstić information content (AvgIpc) is 2.33. The van der Waals surface area contributed by atoms with Crippen molar-refractivity contribution >= 4 is 5.91 Å². The van der Waals surface area contributed by atoms with Gasteiger partial charge in [0.05, 0.1) is 5.41 Å². The van der Waals surface area contributed by atoms with Crippen LogP contribution in [0.1, 0.15) is 43.2 Å². The van der Waals surface area contributed by atoms with Crippen molar-refractivity contribution in [3.05, 3.63) is 35.4 Å². The maximum absolute atomic E-state index is 11.8. The van der Waals surface area contributed by atoms with Crippen LogP contribution in [0.2, 0.25) is 0 Å². The van der Waals surface area contributed by atoms with Crippen LogP contribution in [-0.2, 0) is 11.2 Å². The Morgan fingerprint density at radius 3 is 2.29 bits per heavy atom. The van der Waals surface area contributed by atoms with E-state index in [0.29, 0.717) is 0 Å². The summed E-state index contributed by atoms with van der Waals surface area (Å²) in [6.07, 6.45) is 6.22. The lowest BCUT2D eigenvalue weighted by molar-refractivity contribution is -0.129. The Morgan fingerprint density at radius 2 is 1.76 bits per heavy atom. The van der Waals surface area contributed by atoms with Crippen LogP contribution in [0.3, 0.4) is 0 Å². The zero-order valence-electron chi connectivity index (χ0n) is 10.5. The molecule has 2 N–H and O–H groups in total. The first-order valence-corrected chi connectivity index (χ1v) is 6.48. The zero-order chi connectivity index (χ0) is 12.3. The summed E-state index contributed by atoms with van der Waals surface area (Å²) in [6.45, 7) is 2.08. The fraction of sp³-hybridized carbons (Fsp3) is 0.533. The molecule has 1 aliphatic carbocycles. The zero-order valence-corrected chi connectivity index (χ0v) is 10.5. The molecule has 0 saturated heterocycles. The molecule has 2 rings (SSSR count). The minimum Gasteiger partial charge on any atom is -0.369 e. The summed E-state index contributed by atoms with van der Waals surface area (Å²) in [7, 11) is 0. The molecule has 0 unspecified atom stereocenters. The first kappa shape index (κ1) is 12.2. The summed E-state index contributed by atoms with van der Waals surface area (Å²) in [4.78, 5) is 11.8. The highest BCUT2D eigenvalue weighted by Crippen LogP contribution is 2.39. The minimum absolute atomic E-state index is 0.113. The van der Waals surface area contributed by atoms with Crippen molar-refractivity contribution in [3.8, 4) is 0 Å². The number of hydrogen-bond donors (Lipinski definition) is 1. The molecular weight excluding hydrogens is 210 g/mol. The number of carbonyl (C=O) groups excluding carboxylic acids is 1. The summed E-state index contributed by atoms with van der Waals surface area (Å²) in [6, 6.07) is 8.45. The number of primary amides is 1. The summed E-state index contributed by atoms with van der Waals surface area (Å²) in [5.41, 5.74) is 7.84. The summed E-state index contributed by atoms with van der Waals surface area (Å²) in [5, 5.41) is 0. The van der Waals surface area contributed by atoms with Gasteiger partial charge >= 0.3 is 0 Å². The van der Waals surface area contributed by atoms with Crippen LogP contribution in [0, 0.1) is 12.3 Å². The molecule has 2 nitrogen and oxygen atoms in total. The van der Waals surface area contributed by atoms with E-state index < -0.39 is 0 Å². The largest absolute Gasteiger partial charge is 0.369 e. The third-order valence-corrected chi connectivity index (χ3v) is 4.00. The predicted octanol–water partition coefficient (Wildman–Crippen LogP) is 2.97. The average molecular weight is 231 g/mol. The molecule has 0 aromatic heterocycles. The second-order valence-corrected chi connectivity index (χ2v) is 5.37. The van der Waals surface area contributed by atoms with Gasteiger partial charge in [-0.1, -0.05) is 49.1 Å². The van der Waals surface area contributed by atoms with E-state index in [1.165, 1.54) is 17.5 Å². The van der Waals surface area contributed by atoms with Gasteiger partial charge in [0.15, 0.2) is 0 Å². The minimum atomic E-state index is -0.284. The van der Waals surface area contributed by atoms with E-state index in [1.54, 1.807) is 0 Å². The molecule has 1 aliphatic rings. The van der Waals surface area contributed by atoms with Gasteiger partial charge < -0.3 is 5.73 Å². The molecule has 0 aliphatic heterocycles. The van der Waals surface area contributed by atoms with Gasteiger partial charge in [-0.3, -0.25) is 4.79 Å². The van der Waals surface area contributed by atoms with Crippen molar-refractivity contribution in [2.75, 3.05) is 0 Å². The van der Waals surface area contributed by atoms with Gasteiger partial charge in [0.2, 0.25) is 5.91 Å². The fourth-order valence-corrected chi connectivity index (χ4v) is 2.84. The first-order valence-electron chi connectivity index (χ1n) is 6.48. The Morgan fingerprint density at radius 1 is 1.18 bits per heavy atom. The number of amides is 1. The summed E-state index contributed by atoms with van der Waals surface area (Å²) < 4.78 is 0. The lowest BCUT2D eigenvalue weighted by atomic mass is 9.70. The van der Waals surface area contributed by atoms with Crippen LogP contribution in [0.25, 0.3) is 0 Å². The topological polar surface area (TPSA) is 43.1 Å².